The van der Waals surface area contributed by atoms with Gasteiger partial charge in [0.15, 0.2) is 6.10 Å². The van der Waals surface area contributed by atoms with Crippen molar-refractivity contribution in [3.05, 3.63) is 42.0 Å². The van der Waals surface area contributed by atoms with Crippen LogP contribution in [0.3, 0.4) is 0 Å². The predicted octanol–water partition coefficient (Wildman–Crippen LogP) is 0.770. The SMILES string of the molecule is O=C(/C=C/c1ccccc1)O[C@@H]1CO[C@H]2[C@@H]1OC[C@@H]2O. The zero-order valence-electron chi connectivity index (χ0n) is 10.8. The van der Waals surface area contributed by atoms with E-state index >= 15 is 0 Å². The molecule has 2 heterocycles. The van der Waals surface area contributed by atoms with Crippen LogP contribution in [0.5, 0.6) is 0 Å². The number of hydrogen-bond donors (Lipinski definition) is 1. The average Bonchev–Trinajstić information content (AvgIpc) is 3.02. The molecule has 5 nitrogen and oxygen atoms in total. The summed E-state index contributed by atoms with van der Waals surface area (Å²) in [5, 5.41) is 9.60. The Kier molecular flexibility index (Phi) is 3.82. The summed E-state index contributed by atoms with van der Waals surface area (Å²) >= 11 is 0. The van der Waals surface area contributed by atoms with Crippen molar-refractivity contribution in [3.63, 3.8) is 0 Å². The van der Waals surface area contributed by atoms with Crippen LogP contribution in [0.1, 0.15) is 5.56 Å². The quantitative estimate of drug-likeness (QED) is 0.652. The third-order valence-corrected chi connectivity index (χ3v) is 3.46. The van der Waals surface area contributed by atoms with Crippen molar-refractivity contribution in [1.29, 1.82) is 0 Å². The third kappa shape index (κ3) is 2.75. The summed E-state index contributed by atoms with van der Waals surface area (Å²) in [6.45, 7) is 0.487. The molecule has 20 heavy (non-hydrogen) atoms. The van der Waals surface area contributed by atoms with E-state index in [-0.39, 0.29) is 25.4 Å². The van der Waals surface area contributed by atoms with Gasteiger partial charge in [0, 0.05) is 6.08 Å². The summed E-state index contributed by atoms with van der Waals surface area (Å²) in [5.74, 6) is -0.437. The molecule has 3 rings (SSSR count). The van der Waals surface area contributed by atoms with E-state index in [4.69, 9.17) is 14.2 Å². The van der Waals surface area contributed by atoms with Gasteiger partial charge in [-0.2, -0.15) is 0 Å². The van der Waals surface area contributed by atoms with Crippen LogP contribution >= 0.6 is 0 Å². The molecule has 0 amide bonds. The van der Waals surface area contributed by atoms with Crippen molar-refractivity contribution >= 4 is 12.0 Å². The van der Waals surface area contributed by atoms with E-state index in [1.807, 2.05) is 30.3 Å². The summed E-state index contributed by atoms with van der Waals surface area (Å²) < 4.78 is 16.1. The van der Waals surface area contributed by atoms with E-state index in [1.165, 1.54) is 6.08 Å². The van der Waals surface area contributed by atoms with E-state index in [2.05, 4.69) is 0 Å². The Morgan fingerprint density at radius 1 is 1.20 bits per heavy atom. The van der Waals surface area contributed by atoms with Gasteiger partial charge in [-0.1, -0.05) is 30.3 Å². The fraction of sp³-hybridized carbons (Fsp3) is 0.400. The van der Waals surface area contributed by atoms with Gasteiger partial charge in [0.2, 0.25) is 0 Å². The predicted molar refractivity (Wildman–Crippen MR) is 70.8 cm³/mol. The maximum Gasteiger partial charge on any atom is 0.331 e. The van der Waals surface area contributed by atoms with Gasteiger partial charge in [0.05, 0.1) is 13.2 Å². The molecule has 0 saturated carbocycles. The Bertz CT molecular complexity index is 498. The summed E-state index contributed by atoms with van der Waals surface area (Å²) in [6, 6.07) is 9.50. The van der Waals surface area contributed by atoms with Gasteiger partial charge < -0.3 is 19.3 Å². The second kappa shape index (κ2) is 5.75. The van der Waals surface area contributed by atoms with E-state index in [9.17, 15) is 9.90 Å². The molecule has 2 fully saturated rings. The number of rotatable bonds is 3. The molecule has 0 radical (unpaired) electrons. The Labute approximate surface area is 116 Å². The second-order valence-corrected chi connectivity index (χ2v) is 4.88. The molecule has 0 aromatic heterocycles. The first kappa shape index (κ1) is 13.3. The monoisotopic (exact) mass is 276 g/mol. The highest BCUT2D eigenvalue weighted by Gasteiger charge is 2.48. The average molecular weight is 276 g/mol. The van der Waals surface area contributed by atoms with Crippen molar-refractivity contribution in [2.75, 3.05) is 13.2 Å². The molecule has 5 heteroatoms. The van der Waals surface area contributed by atoms with Crippen LogP contribution in [0.4, 0.5) is 0 Å². The third-order valence-electron chi connectivity index (χ3n) is 3.46. The lowest BCUT2D eigenvalue weighted by molar-refractivity contribution is -0.147. The maximum absolute atomic E-state index is 11.8. The van der Waals surface area contributed by atoms with Crippen LogP contribution in [-0.2, 0) is 19.0 Å². The summed E-state index contributed by atoms with van der Waals surface area (Å²) in [6.07, 6.45) is 1.24. The van der Waals surface area contributed by atoms with E-state index in [1.54, 1.807) is 6.08 Å². The molecule has 1 aromatic rings. The van der Waals surface area contributed by atoms with Crippen LogP contribution in [0.2, 0.25) is 0 Å². The summed E-state index contributed by atoms with van der Waals surface area (Å²) in [4.78, 5) is 11.8. The number of aliphatic hydroxyl groups is 1. The number of ether oxygens (including phenoxy) is 3. The minimum Gasteiger partial charge on any atom is -0.454 e. The molecule has 0 spiro atoms. The smallest absolute Gasteiger partial charge is 0.331 e. The molecule has 1 N–H and O–H groups in total. The summed E-state index contributed by atoms with van der Waals surface area (Å²) in [7, 11) is 0. The highest BCUT2D eigenvalue weighted by Crippen LogP contribution is 2.28. The number of aliphatic hydroxyl groups excluding tert-OH is 1. The van der Waals surface area contributed by atoms with Crippen LogP contribution in [0, 0.1) is 0 Å². The number of hydrogen-bond acceptors (Lipinski definition) is 5. The molecule has 0 aliphatic carbocycles. The highest BCUT2D eigenvalue weighted by molar-refractivity contribution is 5.87. The molecular formula is C15H16O5. The van der Waals surface area contributed by atoms with Crippen LogP contribution in [-0.4, -0.2) is 48.7 Å². The molecular weight excluding hydrogens is 260 g/mol. The Morgan fingerprint density at radius 2 is 1.95 bits per heavy atom. The van der Waals surface area contributed by atoms with Crippen LogP contribution < -0.4 is 0 Å². The molecule has 106 valence electrons. The van der Waals surface area contributed by atoms with Gasteiger partial charge in [-0.25, -0.2) is 4.79 Å². The van der Waals surface area contributed by atoms with E-state index in [0.29, 0.717) is 0 Å². The van der Waals surface area contributed by atoms with Gasteiger partial charge in [-0.3, -0.25) is 0 Å². The molecule has 0 unspecified atom stereocenters. The first-order chi connectivity index (χ1) is 9.74. The number of carbonyl (C=O) groups is 1. The first-order valence-corrected chi connectivity index (χ1v) is 6.59. The molecule has 0 bridgehead atoms. The zero-order valence-corrected chi connectivity index (χ0v) is 10.8. The van der Waals surface area contributed by atoms with Gasteiger partial charge in [0.1, 0.15) is 18.3 Å². The Morgan fingerprint density at radius 3 is 2.75 bits per heavy atom. The van der Waals surface area contributed by atoms with Gasteiger partial charge in [-0.15, -0.1) is 0 Å². The van der Waals surface area contributed by atoms with Crippen LogP contribution in [0.25, 0.3) is 6.08 Å². The topological polar surface area (TPSA) is 65.0 Å². The molecule has 4 atom stereocenters. The number of carbonyl (C=O) groups excluding carboxylic acids is 1. The Balaban J connectivity index is 1.56. The van der Waals surface area contributed by atoms with E-state index in [0.717, 1.165) is 5.56 Å². The largest absolute Gasteiger partial charge is 0.454 e. The fourth-order valence-electron chi connectivity index (χ4n) is 2.46. The van der Waals surface area contributed by atoms with Gasteiger partial charge >= 0.3 is 5.97 Å². The van der Waals surface area contributed by atoms with Crippen molar-refractivity contribution in [2.24, 2.45) is 0 Å². The maximum atomic E-state index is 11.8. The molecule has 2 aliphatic heterocycles. The van der Waals surface area contributed by atoms with Crippen LogP contribution in [0.15, 0.2) is 36.4 Å². The lowest BCUT2D eigenvalue weighted by Gasteiger charge is -2.15. The second-order valence-electron chi connectivity index (χ2n) is 4.88. The van der Waals surface area contributed by atoms with Crippen molar-refractivity contribution in [3.8, 4) is 0 Å². The minimum atomic E-state index is -0.636. The van der Waals surface area contributed by atoms with Gasteiger partial charge in [-0.05, 0) is 11.6 Å². The summed E-state index contributed by atoms with van der Waals surface area (Å²) in [5.41, 5.74) is 0.928. The fourth-order valence-corrected chi connectivity index (χ4v) is 2.46. The standard InChI is InChI=1S/C15H16O5/c16-11-8-18-15-12(9-19-14(11)15)20-13(17)7-6-10-4-2-1-3-5-10/h1-7,11-12,14-16H,8-9H2/b7-6+/t11-,12+,14+,15+/m0/s1. The normalized spacial score (nSPS) is 32.5. The number of esters is 1. The molecule has 2 saturated heterocycles. The molecule has 1 aromatic carbocycles. The highest BCUT2D eigenvalue weighted by atomic mass is 16.6. The van der Waals surface area contributed by atoms with Gasteiger partial charge in [0.25, 0.3) is 0 Å². The first-order valence-electron chi connectivity index (χ1n) is 6.59. The Hall–Kier alpha value is -1.69. The lowest BCUT2D eigenvalue weighted by Crippen LogP contribution is -2.33. The zero-order chi connectivity index (χ0) is 13.9. The van der Waals surface area contributed by atoms with Crippen molar-refractivity contribution in [2.45, 2.75) is 24.4 Å². The minimum absolute atomic E-state index is 0.225. The number of benzene rings is 1. The van der Waals surface area contributed by atoms with Crippen molar-refractivity contribution in [1.82, 2.24) is 0 Å². The lowest BCUT2D eigenvalue weighted by atomic mass is 10.1. The van der Waals surface area contributed by atoms with Crippen molar-refractivity contribution < 1.29 is 24.1 Å². The van der Waals surface area contributed by atoms with E-state index < -0.39 is 18.2 Å². The molecule has 2 aliphatic rings. The number of fused-ring (bicyclic) bond motifs is 1.